The minimum Gasteiger partial charge on any atom is -0.352 e. The first-order valence-corrected chi connectivity index (χ1v) is 4.36. The van der Waals surface area contributed by atoms with Crippen LogP contribution in [0.2, 0.25) is 0 Å². The van der Waals surface area contributed by atoms with Crippen LogP contribution in [-0.4, -0.2) is 18.2 Å². The standard InChI is InChI=1S/C8H15NOS/c1-7(2)8(10)9-5-3-4-6-11/h11H,1,3-6H2,2H3,(H,9,10). The molecule has 0 atom stereocenters. The molecule has 0 fully saturated rings. The second kappa shape index (κ2) is 6.28. The maximum atomic E-state index is 10.9. The fraction of sp³-hybridized carbons (Fsp3) is 0.625. The van der Waals surface area contributed by atoms with Gasteiger partial charge in [-0.05, 0) is 25.5 Å². The van der Waals surface area contributed by atoms with Crippen molar-refractivity contribution in [1.82, 2.24) is 5.32 Å². The number of hydrogen-bond donors (Lipinski definition) is 2. The average molecular weight is 173 g/mol. The normalized spacial score (nSPS) is 9.27. The Morgan fingerprint density at radius 3 is 2.64 bits per heavy atom. The van der Waals surface area contributed by atoms with Crippen molar-refractivity contribution in [3.05, 3.63) is 12.2 Å². The van der Waals surface area contributed by atoms with Crippen LogP contribution in [0.5, 0.6) is 0 Å². The zero-order chi connectivity index (χ0) is 8.69. The molecule has 0 spiro atoms. The molecule has 0 aromatic rings. The lowest BCUT2D eigenvalue weighted by Crippen LogP contribution is -2.24. The summed E-state index contributed by atoms with van der Waals surface area (Å²) in [6.07, 6.45) is 2.03. The molecular formula is C8H15NOS. The molecule has 0 saturated heterocycles. The van der Waals surface area contributed by atoms with Gasteiger partial charge in [0.15, 0.2) is 0 Å². The third-order valence-corrected chi connectivity index (χ3v) is 1.57. The van der Waals surface area contributed by atoms with Crippen molar-refractivity contribution in [3.8, 4) is 0 Å². The highest BCUT2D eigenvalue weighted by atomic mass is 32.1. The largest absolute Gasteiger partial charge is 0.352 e. The number of thiol groups is 1. The first-order chi connectivity index (χ1) is 5.18. The Morgan fingerprint density at radius 1 is 1.55 bits per heavy atom. The van der Waals surface area contributed by atoms with Gasteiger partial charge < -0.3 is 5.32 Å². The van der Waals surface area contributed by atoms with Crippen molar-refractivity contribution in [3.63, 3.8) is 0 Å². The second-order valence-electron chi connectivity index (χ2n) is 2.47. The van der Waals surface area contributed by atoms with Crippen molar-refractivity contribution in [2.24, 2.45) is 0 Å². The number of nitrogens with one attached hydrogen (secondary N) is 1. The van der Waals surface area contributed by atoms with Gasteiger partial charge in [0.1, 0.15) is 0 Å². The van der Waals surface area contributed by atoms with Crippen molar-refractivity contribution >= 4 is 18.5 Å². The number of unbranched alkanes of at least 4 members (excludes halogenated alkanes) is 1. The highest BCUT2D eigenvalue weighted by molar-refractivity contribution is 7.80. The molecule has 0 aromatic carbocycles. The lowest BCUT2D eigenvalue weighted by Gasteiger charge is -2.02. The van der Waals surface area contributed by atoms with E-state index in [1.165, 1.54) is 0 Å². The number of rotatable bonds is 5. The van der Waals surface area contributed by atoms with Gasteiger partial charge in [0, 0.05) is 12.1 Å². The monoisotopic (exact) mass is 173 g/mol. The third kappa shape index (κ3) is 5.98. The number of hydrogen-bond acceptors (Lipinski definition) is 2. The fourth-order valence-corrected chi connectivity index (χ4v) is 0.813. The molecule has 0 bridgehead atoms. The van der Waals surface area contributed by atoms with Crippen LogP contribution >= 0.6 is 12.6 Å². The fourth-order valence-electron chi connectivity index (χ4n) is 0.590. The van der Waals surface area contributed by atoms with Gasteiger partial charge in [0.25, 0.3) is 0 Å². The summed E-state index contributed by atoms with van der Waals surface area (Å²) in [5.41, 5.74) is 0.566. The van der Waals surface area contributed by atoms with Crippen LogP contribution in [0.4, 0.5) is 0 Å². The van der Waals surface area contributed by atoms with E-state index in [0.29, 0.717) is 5.57 Å². The van der Waals surface area contributed by atoms with Crippen LogP contribution in [0.15, 0.2) is 12.2 Å². The van der Waals surface area contributed by atoms with E-state index in [9.17, 15) is 4.79 Å². The molecule has 0 aliphatic carbocycles. The van der Waals surface area contributed by atoms with E-state index in [2.05, 4.69) is 24.5 Å². The molecule has 0 radical (unpaired) electrons. The molecule has 0 aliphatic rings. The topological polar surface area (TPSA) is 29.1 Å². The summed E-state index contributed by atoms with van der Waals surface area (Å²) in [6.45, 7) is 5.96. The maximum absolute atomic E-state index is 10.9. The van der Waals surface area contributed by atoms with Gasteiger partial charge in [-0.1, -0.05) is 6.58 Å². The smallest absolute Gasteiger partial charge is 0.246 e. The van der Waals surface area contributed by atoms with E-state index >= 15 is 0 Å². The number of carbonyl (C=O) groups excluding carboxylic acids is 1. The maximum Gasteiger partial charge on any atom is 0.246 e. The molecule has 0 rings (SSSR count). The molecule has 64 valence electrons. The van der Waals surface area contributed by atoms with E-state index in [-0.39, 0.29) is 5.91 Å². The van der Waals surface area contributed by atoms with Gasteiger partial charge in [-0.3, -0.25) is 4.79 Å². The molecule has 1 N–H and O–H groups in total. The summed E-state index contributed by atoms with van der Waals surface area (Å²) in [5.74, 6) is 0.826. The summed E-state index contributed by atoms with van der Waals surface area (Å²) in [7, 11) is 0. The van der Waals surface area contributed by atoms with Crippen LogP contribution in [0.1, 0.15) is 19.8 Å². The van der Waals surface area contributed by atoms with Crippen LogP contribution < -0.4 is 5.32 Å². The molecule has 0 saturated carbocycles. The van der Waals surface area contributed by atoms with Crippen molar-refractivity contribution in [2.45, 2.75) is 19.8 Å². The third-order valence-electron chi connectivity index (χ3n) is 1.26. The van der Waals surface area contributed by atoms with Gasteiger partial charge in [0.05, 0.1) is 0 Å². The Morgan fingerprint density at radius 2 is 2.18 bits per heavy atom. The Kier molecular flexibility index (Phi) is 6.03. The highest BCUT2D eigenvalue weighted by Gasteiger charge is 1.98. The predicted molar refractivity (Wildman–Crippen MR) is 50.9 cm³/mol. The molecule has 3 heteroatoms. The van der Waals surface area contributed by atoms with Crippen molar-refractivity contribution in [1.29, 1.82) is 0 Å². The minimum absolute atomic E-state index is 0.0517. The second-order valence-corrected chi connectivity index (χ2v) is 2.91. The molecule has 1 amide bonds. The quantitative estimate of drug-likeness (QED) is 0.367. The summed E-state index contributed by atoms with van der Waals surface area (Å²) < 4.78 is 0. The Bertz CT molecular complexity index is 145. The van der Waals surface area contributed by atoms with Gasteiger partial charge in [-0.2, -0.15) is 12.6 Å². The summed E-state index contributed by atoms with van der Waals surface area (Å²) in [4.78, 5) is 10.9. The van der Waals surface area contributed by atoms with Gasteiger partial charge in [0.2, 0.25) is 5.91 Å². The molecule has 11 heavy (non-hydrogen) atoms. The molecule has 0 aliphatic heterocycles. The first-order valence-electron chi connectivity index (χ1n) is 3.73. The molecule has 2 nitrogen and oxygen atoms in total. The van der Waals surface area contributed by atoms with Crippen molar-refractivity contribution in [2.75, 3.05) is 12.3 Å². The van der Waals surface area contributed by atoms with Gasteiger partial charge in [-0.25, -0.2) is 0 Å². The van der Waals surface area contributed by atoms with E-state index in [0.717, 1.165) is 25.1 Å². The highest BCUT2D eigenvalue weighted by Crippen LogP contribution is 1.90. The molecular weight excluding hydrogens is 158 g/mol. The Labute approximate surface area is 73.5 Å². The number of carbonyl (C=O) groups is 1. The van der Waals surface area contributed by atoms with Crippen LogP contribution in [0.3, 0.4) is 0 Å². The molecule has 0 unspecified atom stereocenters. The predicted octanol–water partition coefficient (Wildman–Crippen LogP) is 1.39. The van der Waals surface area contributed by atoms with Crippen LogP contribution in [-0.2, 0) is 4.79 Å². The average Bonchev–Trinajstić information content (AvgIpc) is 1.97. The summed E-state index contributed by atoms with van der Waals surface area (Å²) in [5, 5.41) is 2.74. The van der Waals surface area contributed by atoms with Crippen LogP contribution in [0, 0.1) is 0 Å². The minimum atomic E-state index is -0.0517. The van der Waals surface area contributed by atoms with Crippen LogP contribution in [0.25, 0.3) is 0 Å². The first kappa shape index (κ1) is 10.6. The summed E-state index contributed by atoms with van der Waals surface area (Å²) in [6, 6.07) is 0. The zero-order valence-electron chi connectivity index (χ0n) is 6.89. The van der Waals surface area contributed by atoms with E-state index in [1.807, 2.05) is 0 Å². The van der Waals surface area contributed by atoms with E-state index < -0.39 is 0 Å². The molecule has 0 aromatic heterocycles. The van der Waals surface area contributed by atoms with Gasteiger partial charge >= 0.3 is 0 Å². The number of amides is 1. The molecule has 0 heterocycles. The van der Waals surface area contributed by atoms with E-state index in [1.54, 1.807) is 6.92 Å². The Hall–Kier alpha value is -0.440. The lowest BCUT2D eigenvalue weighted by atomic mass is 10.3. The Balaban J connectivity index is 3.25. The zero-order valence-corrected chi connectivity index (χ0v) is 7.79. The SMILES string of the molecule is C=C(C)C(=O)NCCCCS. The lowest BCUT2D eigenvalue weighted by molar-refractivity contribution is -0.117. The van der Waals surface area contributed by atoms with Crippen molar-refractivity contribution < 1.29 is 4.79 Å². The summed E-state index contributed by atoms with van der Waals surface area (Å²) >= 11 is 4.06. The van der Waals surface area contributed by atoms with E-state index in [4.69, 9.17) is 0 Å². The van der Waals surface area contributed by atoms with Gasteiger partial charge in [-0.15, -0.1) is 0 Å².